The first kappa shape index (κ1) is 27.5. The first-order chi connectivity index (χ1) is 20.1. The van der Waals surface area contributed by atoms with Gasteiger partial charge in [-0.25, -0.2) is 4.79 Å². The van der Waals surface area contributed by atoms with Crippen LogP contribution in [0.25, 0.3) is 33.7 Å². The fraction of sp³-hybridized carbons (Fsp3) is 0.290. The number of hydrogen-bond acceptors (Lipinski definition) is 5. The number of hydrogen-bond donors (Lipinski definition) is 0. The molecular formula is C31H28F3N7O. The molecule has 1 saturated heterocycles. The van der Waals surface area contributed by atoms with E-state index in [9.17, 15) is 23.2 Å². The minimum atomic E-state index is -4.63. The molecule has 214 valence electrons. The van der Waals surface area contributed by atoms with Gasteiger partial charge in [-0.1, -0.05) is 25.1 Å². The van der Waals surface area contributed by atoms with Gasteiger partial charge in [-0.15, -0.1) is 10.2 Å². The maximum absolute atomic E-state index is 14.3. The highest BCUT2D eigenvalue weighted by molar-refractivity contribution is 5.82. The first-order valence-corrected chi connectivity index (χ1v) is 13.7. The molecule has 0 spiro atoms. The van der Waals surface area contributed by atoms with Gasteiger partial charge in [0.05, 0.1) is 28.4 Å². The van der Waals surface area contributed by atoms with Gasteiger partial charge in [0.2, 0.25) is 0 Å². The van der Waals surface area contributed by atoms with Crippen molar-refractivity contribution in [3.05, 3.63) is 94.4 Å². The maximum Gasteiger partial charge on any atom is 0.418 e. The predicted octanol–water partition coefficient (Wildman–Crippen LogP) is 5.68. The SMILES string of the molecule is C[C@H]1CCCN(Cc2cc(C(F)(F)F)c3cn(-c4cccc(-c5ccc(C#N)cc5-c5nncn5C)c4)c(=O)n3c2)C1. The second-order valence-electron chi connectivity index (χ2n) is 11.0. The number of piperidine rings is 1. The number of rotatable bonds is 5. The summed E-state index contributed by atoms with van der Waals surface area (Å²) < 4.78 is 46.9. The van der Waals surface area contributed by atoms with Crippen LogP contribution >= 0.6 is 0 Å². The van der Waals surface area contributed by atoms with Crippen LogP contribution in [-0.2, 0) is 19.8 Å². The summed E-state index contributed by atoms with van der Waals surface area (Å²) in [6, 6.07) is 15.5. The summed E-state index contributed by atoms with van der Waals surface area (Å²) >= 11 is 0. The molecule has 11 heteroatoms. The Morgan fingerprint density at radius 1 is 1.10 bits per heavy atom. The van der Waals surface area contributed by atoms with E-state index in [2.05, 4.69) is 28.1 Å². The van der Waals surface area contributed by atoms with Crippen LogP contribution in [0.5, 0.6) is 0 Å². The minimum absolute atomic E-state index is 0.202. The molecule has 4 heterocycles. The molecule has 0 aliphatic carbocycles. The molecule has 1 aliphatic rings. The normalized spacial score (nSPS) is 16.1. The van der Waals surface area contributed by atoms with E-state index in [1.165, 1.54) is 23.0 Å². The second-order valence-corrected chi connectivity index (χ2v) is 11.0. The van der Waals surface area contributed by atoms with E-state index in [-0.39, 0.29) is 5.52 Å². The molecule has 0 bridgehead atoms. The Labute approximate surface area is 239 Å². The summed E-state index contributed by atoms with van der Waals surface area (Å²) in [5, 5.41) is 17.6. The number of likely N-dealkylation sites (tertiary alicyclic amines) is 1. The first-order valence-electron chi connectivity index (χ1n) is 13.7. The summed E-state index contributed by atoms with van der Waals surface area (Å²) in [5.41, 5.74) is 1.77. The van der Waals surface area contributed by atoms with Gasteiger partial charge in [-0.2, -0.15) is 18.4 Å². The summed E-state index contributed by atoms with van der Waals surface area (Å²) in [6.45, 7) is 4.12. The molecule has 1 aliphatic heterocycles. The number of halogens is 3. The van der Waals surface area contributed by atoms with Gasteiger partial charge in [0.15, 0.2) is 5.82 Å². The smallest absolute Gasteiger partial charge is 0.317 e. The van der Waals surface area contributed by atoms with Crippen LogP contribution in [0.1, 0.15) is 36.5 Å². The molecule has 0 amide bonds. The molecule has 8 nitrogen and oxygen atoms in total. The van der Waals surface area contributed by atoms with Gasteiger partial charge in [-0.3, -0.25) is 13.9 Å². The zero-order valence-corrected chi connectivity index (χ0v) is 23.1. The van der Waals surface area contributed by atoms with Crippen LogP contribution in [-0.4, -0.2) is 41.7 Å². The fourth-order valence-corrected chi connectivity index (χ4v) is 5.83. The minimum Gasteiger partial charge on any atom is -0.317 e. The Morgan fingerprint density at radius 2 is 1.93 bits per heavy atom. The van der Waals surface area contributed by atoms with Crippen molar-refractivity contribution in [3.8, 4) is 34.3 Å². The van der Waals surface area contributed by atoms with E-state index >= 15 is 0 Å². The van der Waals surface area contributed by atoms with Gasteiger partial charge in [-0.05, 0) is 72.3 Å². The van der Waals surface area contributed by atoms with Crippen molar-refractivity contribution in [1.29, 1.82) is 5.26 Å². The monoisotopic (exact) mass is 571 g/mol. The molecule has 3 aromatic heterocycles. The summed E-state index contributed by atoms with van der Waals surface area (Å²) in [5.74, 6) is 1.02. The third-order valence-electron chi connectivity index (χ3n) is 7.81. The summed E-state index contributed by atoms with van der Waals surface area (Å²) in [7, 11) is 1.79. The Kier molecular flexibility index (Phi) is 6.94. The van der Waals surface area contributed by atoms with E-state index in [1.54, 1.807) is 54.3 Å². The highest BCUT2D eigenvalue weighted by Gasteiger charge is 2.35. The van der Waals surface area contributed by atoms with E-state index in [4.69, 9.17) is 0 Å². The zero-order chi connectivity index (χ0) is 29.6. The molecule has 1 fully saturated rings. The van der Waals surface area contributed by atoms with Gasteiger partial charge in [0.25, 0.3) is 0 Å². The molecule has 0 radical (unpaired) electrons. The van der Waals surface area contributed by atoms with Crippen LogP contribution in [0.4, 0.5) is 13.2 Å². The topological polar surface area (TPSA) is 84.2 Å². The maximum atomic E-state index is 14.3. The lowest BCUT2D eigenvalue weighted by Gasteiger charge is -2.31. The number of nitriles is 1. The molecule has 42 heavy (non-hydrogen) atoms. The van der Waals surface area contributed by atoms with Gasteiger partial charge in [0.1, 0.15) is 6.33 Å². The lowest BCUT2D eigenvalue weighted by molar-refractivity contribution is -0.136. The van der Waals surface area contributed by atoms with E-state index in [0.717, 1.165) is 35.9 Å². The molecular weight excluding hydrogens is 543 g/mol. The molecule has 0 saturated carbocycles. The largest absolute Gasteiger partial charge is 0.418 e. The fourth-order valence-electron chi connectivity index (χ4n) is 5.83. The lowest BCUT2D eigenvalue weighted by Crippen LogP contribution is -2.34. The van der Waals surface area contributed by atoms with Crippen molar-refractivity contribution in [1.82, 2.24) is 28.6 Å². The number of alkyl halides is 3. The number of aromatic nitrogens is 5. The number of pyridine rings is 1. The zero-order valence-electron chi connectivity index (χ0n) is 23.1. The average Bonchev–Trinajstić information content (AvgIpc) is 3.54. The Hall–Kier alpha value is -4.69. The number of aryl methyl sites for hydroxylation is 1. The molecule has 6 rings (SSSR count). The van der Waals surface area contributed by atoms with E-state index in [0.29, 0.717) is 46.2 Å². The van der Waals surface area contributed by atoms with Crippen LogP contribution in [0.2, 0.25) is 0 Å². The molecule has 1 atom stereocenters. The highest BCUT2D eigenvalue weighted by atomic mass is 19.4. The summed E-state index contributed by atoms with van der Waals surface area (Å²) in [6.07, 6.45) is 1.80. The van der Waals surface area contributed by atoms with Gasteiger partial charge >= 0.3 is 11.9 Å². The number of imidazole rings is 1. The van der Waals surface area contributed by atoms with Crippen molar-refractivity contribution >= 4 is 5.52 Å². The molecule has 5 aromatic rings. The highest BCUT2D eigenvalue weighted by Crippen LogP contribution is 2.35. The number of fused-ring (bicyclic) bond motifs is 1. The van der Waals surface area contributed by atoms with Crippen molar-refractivity contribution in [2.24, 2.45) is 13.0 Å². The van der Waals surface area contributed by atoms with Crippen LogP contribution in [0.15, 0.2) is 72.0 Å². The average molecular weight is 572 g/mol. The molecule has 0 unspecified atom stereocenters. The van der Waals surface area contributed by atoms with Crippen molar-refractivity contribution in [3.63, 3.8) is 0 Å². The Bertz CT molecular complexity index is 1890. The number of benzene rings is 2. The third kappa shape index (κ3) is 5.10. The van der Waals surface area contributed by atoms with Crippen molar-refractivity contribution in [2.45, 2.75) is 32.5 Å². The van der Waals surface area contributed by atoms with Crippen molar-refractivity contribution in [2.75, 3.05) is 13.1 Å². The standard InChI is InChI=1S/C31H28F3N7O/c1-20-5-4-10-39(15-20)16-22-12-27(31(32,33)34)28-18-40(30(42)41(28)17-22)24-7-3-6-23(13-24)25-9-8-21(14-35)11-26(25)29-37-36-19-38(29)2/h3,6-9,11-13,17-20H,4-5,10,15-16H2,1-2H3/t20-/m0/s1. The summed E-state index contributed by atoms with van der Waals surface area (Å²) in [4.78, 5) is 15.8. The Morgan fingerprint density at radius 3 is 2.64 bits per heavy atom. The van der Waals surface area contributed by atoms with Crippen LogP contribution in [0, 0.1) is 17.2 Å². The number of nitrogens with zero attached hydrogens (tertiary/aromatic N) is 7. The van der Waals surface area contributed by atoms with Crippen molar-refractivity contribution < 1.29 is 13.2 Å². The lowest BCUT2D eigenvalue weighted by atomic mass is 9.96. The van der Waals surface area contributed by atoms with Gasteiger partial charge in [0, 0.05) is 38.1 Å². The molecule has 0 N–H and O–H groups in total. The van der Waals surface area contributed by atoms with Gasteiger partial charge < -0.3 is 4.57 Å². The second kappa shape index (κ2) is 10.6. The Balaban J connectivity index is 1.46. The van der Waals surface area contributed by atoms with Crippen LogP contribution in [0.3, 0.4) is 0 Å². The van der Waals surface area contributed by atoms with Crippen LogP contribution < -0.4 is 5.69 Å². The van der Waals surface area contributed by atoms with E-state index < -0.39 is 17.4 Å². The quantitative estimate of drug-likeness (QED) is 0.271. The van der Waals surface area contributed by atoms with E-state index in [1.807, 2.05) is 6.07 Å². The third-order valence-corrected chi connectivity index (χ3v) is 7.81. The molecule has 2 aromatic carbocycles. The predicted molar refractivity (Wildman–Crippen MR) is 152 cm³/mol.